The number of morpholine rings is 1. The van der Waals surface area contributed by atoms with Crippen LogP contribution in [0, 0.1) is 11.8 Å². The van der Waals surface area contributed by atoms with Gasteiger partial charge in [0.1, 0.15) is 0 Å². The van der Waals surface area contributed by atoms with Crippen LogP contribution in [0.2, 0.25) is 0 Å². The lowest BCUT2D eigenvalue weighted by Crippen LogP contribution is -2.45. The van der Waals surface area contributed by atoms with E-state index in [2.05, 4.69) is 18.7 Å². The Morgan fingerprint density at radius 2 is 1.60 bits per heavy atom. The van der Waals surface area contributed by atoms with Gasteiger partial charge in [0.25, 0.3) is 0 Å². The summed E-state index contributed by atoms with van der Waals surface area (Å²) in [6, 6.07) is 0.865. The molecule has 1 aliphatic carbocycles. The van der Waals surface area contributed by atoms with E-state index in [0.717, 1.165) is 44.2 Å². The van der Waals surface area contributed by atoms with Gasteiger partial charge in [-0.15, -0.1) is 0 Å². The van der Waals surface area contributed by atoms with Crippen molar-refractivity contribution in [3.05, 3.63) is 0 Å². The highest BCUT2D eigenvalue weighted by molar-refractivity contribution is 4.81. The third-order valence-electron chi connectivity index (χ3n) is 4.25. The van der Waals surface area contributed by atoms with E-state index >= 15 is 0 Å². The number of hydrogen-bond donors (Lipinski definition) is 0. The molecule has 88 valence electrons. The molecule has 1 saturated heterocycles. The van der Waals surface area contributed by atoms with Crippen LogP contribution >= 0.6 is 0 Å². The molecule has 2 aliphatic rings. The molecule has 0 amide bonds. The average molecular weight is 211 g/mol. The van der Waals surface area contributed by atoms with Crippen LogP contribution in [-0.2, 0) is 4.74 Å². The molecule has 0 atom stereocenters. The van der Waals surface area contributed by atoms with Crippen molar-refractivity contribution in [1.82, 2.24) is 4.90 Å². The Balaban J connectivity index is 1.77. The van der Waals surface area contributed by atoms with Crippen molar-refractivity contribution < 1.29 is 4.74 Å². The van der Waals surface area contributed by atoms with E-state index in [0.29, 0.717) is 0 Å². The second kappa shape index (κ2) is 5.31. The van der Waals surface area contributed by atoms with E-state index in [4.69, 9.17) is 4.74 Å². The summed E-state index contributed by atoms with van der Waals surface area (Å²) in [6.45, 7) is 8.97. The Hall–Kier alpha value is -0.0800. The minimum atomic E-state index is 0.865. The van der Waals surface area contributed by atoms with Crippen molar-refractivity contribution in [2.75, 3.05) is 26.3 Å². The van der Waals surface area contributed by atoms with Crippen molar-refractivity contribution in [2.24, 2.45) is 11.8 Å². The minimum absolute atomic E-state index is 0.865. The molecule has 0 radical (unpaired) electrons. The van der Waals surface area contributed by atoms with Crippen LogP contribution in [-0.4, -0.2) is 37.2 Å². The second-order valence-corrected chi connectivity index (χ2v) is 5.46. The molecule has 0 N–H and O–H groups in total. The summed E-state index contributed by atoms with van der Waals surface area (Å²) in [6.07, 6.45) is 5.73. The van der Waals surface area contributed by atoms with Crippen LogP contribution in [0.15, 0.2) is 0 Å². The third-order valence-corrected chi connectivity index (χ3v) is 4.25. The topological polar surface area (TPSA) is 12.5 Å². The lowest BCUT2D eigenvalue weighted by Gasteiger charge is -2.39. The fraction of sp³-hybridized carbons (Fsp3) is 1.00. The molecule has 1 saturated carbocycles. The lowest BCUT2D eigenvalue weighted by molar-refractivity contribution is 0.00308. The van der Waals surface area contributed by atoms with Gasteiger partial charge >= 0.3 is 0 Å². The van der Waals surface area contributed by atoms with Gasteiger partial charge in [-0.3, -0.25) is 4.90 Å². The molecule has 0 aromatic carbocycles. The van der Waals surface area contributed by atoms with E-state index in [1.165, 1.54) is 25.7 Å². The number of hydrogen-bond acceptors (Lipinski definition) is 2. The number of ether oxygens (including phenoxy) is 1. The van der Waals surface area contributed by atoms with Crippen molar-refractivity contribution in [1.29, 1.82) is 0 Å². The summed E-state index contributed by atoms with van der Waals surface area (Å²) in [5.41, 5.74) is 0. The van der Waals surface area contributed by atoms with Gasteiger partial charge in [0.15, 0.2) is 0 Å². The predicted molar refractivity (Wildman–Crippen MR) is 63.0 cm³/mol. The summed E-state index contributed by atoms with van der Waals surface area (Å²) in [5.74, 6) is 1.87. The first-order chi connectivity index (χ1) is 7.27. The summed E-state index contributed by atoms with van der Waals surface area (Å²) >= 11 is 0. The zero-order valence-corrected chi connectivity index (χ0v) is 10.2. The van der Waals surface area contributed by atoms with E-state index in [-0.39, 0.29) is 0 Å². The molecule has 2 fully saturated rings. The highest BCUT2D eigenvalue weighted by Gasteiger charge is 2.27. The molecule has 0 unspecified atom stereocenters. The Morgan fingerprint density at radius 1 is 1.00 bits per heavy atom. The summed E-state index contributed by atoms with van der Waals surface area (Å²) in [5, 5.41) is 0. The molecular weight excluding hydrogens is 186 g/mol. The first kappa shape index (κ1) is 11.4. The van der Waals surface area contributed by atoms with Gasteiger partial charge in [0.2, 0.25) is 0 Å². The van der Waals surface area contributed by atoms with E-state index in [1.807, 2.05) is 0 Å². The quantitative estimate of drug-likeness (QED) is 0.696. The molecule has 2 heteroatoms. The molecule has 15 heavy (non-hydrogen) atoms. The predicted octanol–water partition coefficient (Wildman–Crippen LogP) is 2.53. The van der Waals surface area contributed by atoms with Crippen LogP contribution in [0.5, 0.6) is 0 Å². The van der Waals surface area contributed by atoms with Gasteiger partial charge in [0.05, 0.1) is 13.2 Å². The lowest BCUT2D eigenvalue weighted by atomic mass is 9.79. The fourth-order valence-electron chi connectivity index (χ4n) is 3.08. The average Bonchev–Trinajstić information content (AvgIpc) is 2.30. The molecule has 2 nitrogen and oxygen atoms in total. The van der Waals surface area contributed by atoms with Crippen molar-refractivity contribution >= 4 is 0 Å². The zero-order chi connectivity index (χ0) is 10.7. The van der Waals surface area contributed by atoms with Crippen LogP contribution in [0.1, 0.15) is 39.5 Å². The van der Waals surface area contributed by atoms with Crippen LogP contribution in [0.25, 0.3) is 0 Å². The normalized spacial score (nSPS) is 34.6. The van der Waals surface area contributed by atoms with Gasteiger partial charge in [-0.1, -0.05) is 13.8 Å². The van der Waals surface area contributed by atoms with Gasteiger partial charge in [-0.2, -0.15) is 0 Å². The van der Waals surface area contributed by atoms with Crippen molar-refractivity contribution in [2.45, 2.75) is 45.6 Å². The van der Waals surface area contributed by atoms with Gasteiger partial charge < -0.3 is 4.74 Å². The minimum Gasteiger partial charge on any atom is -0.379 e. The van der Waals surface area contributed by atoms with E-state index in [9.17, 15) is 0 Å². The van der Waals surface area contributed by atoms with E-state index < -0.39 is 0 Å². The van der Waals surface area contributed by atoms with Crippen molar-refractivity contribution in [3.8, 4) is 0 Å². The number of nitrogens with zero attached hydrogens (tertiary/aromatic N) is 1. The number of rotatable bonds is 2. The first-order valence-corrected chi connectivity index (χ1v) is 6.59. The Kier molecular flexibility index (Phi) is 4.04. The molecule has 0 spiro atoms. The van der Waals surface area contributed by atoms with Gasteiger partial charge in [0, 0.05) is 19.1 Å². The first-order valence-electron chi connectivity index (χ1n) is 6.59. The Morgan fingerprint density at radius 3 is 2.13 bits per heavy atom. The summed E-state index contributed by atoms with van der Waals surface area (Å²) < 4.78 is 5.41. The maximum Gasteiger partial charge on any atom is 0.0594 e. The SMILES string of the molecule is CC(C)[C@H]1CC[C@H](N2CCOCC2)CC1. The smallest absolute Gasteiger partial charge is 0.0594 e. The summed E-state index contributed by atoms with van der Waals surface area (Å²) in [7, 11) is 0. The molecular formula is C13H25NO. The highest BCUT2D eigenvalue weighted by Crippen LogP contribution is 2.32. The Bertz CT molecular complexity index is 179. The second-order valence-electron chi connectivity index (χ2n) is 5.46. The monoisotopic (exact) mass is 211 g/mol. The molecule has 1 aliphatic heterocycles. The van der Waals surface area contributed by atoms with E-state index in [1.54, 1.807) is 0 Å². The third kappa shape index (κ3) is 2.94. The molecule has 0 bridgehead atoms. The maximum atomic E-state index is 5.41. The zero-order valence-electron chi connectivity index (χ0n) is 10.2. The van der Waals surface area contributed by atoms with Crippen molar-refractivity contribution in [3.63, 3.8) is 0 Å². The van der Waals surface area contributed by atoms with Gasteiger partial charge in [-0.05, 0) is 37.5 Å². The fourth-order valence-corrected chi connectivity index (χ4v) is 3.08. The van der Waals surface area contributed by atoms with Crippen LogP contribution in [0.3, 0.4) is 0 Å². The maximum absolute atomic E-state index is 5.41. The summed E-state index contributed by atoms with van der Waals surface area (Å²) in [4.78, 5) is 2.65. The van der Waals surface area contributed by atoms with Crippen LogP contribution < -0.4 is 0 Å². The molecule has 0 aromatic heterocycles. The van der Waals surface area contributed by atoms with Gasteiger partial charge in [-0.25, -0.2) is 0 Å². The largest absolute Gasteiger partial charge is 0.379 e. The van der Waals surface area contributed by atoms with Crippen LogP contribution in [0.4, 0.5) is 0 Å². The standard InChI is InChI=1S/C13H25NO/c1-11(2)12-3-5-13(6-4-12)14-7-9-15-10-8-14/h11-13H,3-10H2,1-2H3/t12-,13-. The molecule has 1 heterocycles. The molecule has 2 rings (SSSR count). The highest BCUT2D eigenvalue weighted by atomic mass is 16.5. The molecule has 0 aromatic rings. The Labute approximate surface area is 94.0 Å².